The minimum Gasteiger partial charge on any atom is -0.328 e. The van der Waals surface area contributed by atoms with Gasteiger partial charge in [0, 0.05) is 54.6 Å². The van der Waals surface area contributed by atoms with Gasteiger partial charge in [-0.05, 0) is 37.8 Å². The van der Waals surface area contributed by atoms with E-state index >= 15 is 0 Å². The molecule has 2 amide bonds. The number of aromatic nitrogens is 4. The topological polar surface area (TPSA) is 102 Å². The standard InChI is InChI=1S/C20H23N7O/c1-26-11-13(10-23-26)17-5-2-12-9-22-19(8-18(12)24-17)25-20(28)27-15-3-4-16(27)7-14(21)6-15/h2,5,8-11,14-16H,3-4,6-7,21H2,1H3,(H,22,25,28)/t14?,15-,16+. The Morgan fingerprint density at radius 3 is 2.71 bits per heavy atom. The monoisotopic (exact) mass is 377 g/mol. The van der Waals surface area contributed by atoms with Crippen molar-refractivity contribution in [1.29, 1.82) is 0 Å². The van der Waals surface area contributed by atoms with Crippen LogP contribution >= 0.6 is 0 Å². The van der Waals surface area contributed by atoms with Crippen LogP contribution in [0.15, 0.2) is 36.8 Å². The van der Waals surface area contributed by atoms with Crippen LogP contribution in [0.5, 0.6) is 0 Å². The molecule has 2 aliphatic heterocycles. The predicted octanol–water partition coefficient (Wildman–Crippen LogP) is 2.52. The number of nitrogens with two attached hydrogens (primary N) is 1. The number of aryl methyl sites for hydroxylation is 1. The molecule has 1 unspecified atom stereocenters. The summed E-state index contributed by atoms with van der Waals surface area (Å²) in [5.74, 6) is 0.516. The third kappa shape index (κ3) is 2.99. The number of hydrogen-bond acceptors (Lipinski definition) is 5. The van der Waals surface area contributed by atoms with Gasteiger partial charge in [0.1, 0.15) is 5.82 Å². The van der Waals surface area contributed by atoms with E-state index < -0.39 is 0 Å². The molecule has 0 saturated carbocycles. The maximum absolute atomic E-state index is 12.9. The van der Waals surface area contributed by atoms with Crippen LogP contribution in [0, 0.1) is 0 Å². The Balaban J connectivity index is 1.39. The fraction of sp³-hybridized carbons (Fsp3) is 0.400. The lowest BCUT2D eigenvalue weighted by Crippen LogP contribution is -2.51. The Morgan fingerprint density at radius 2 is 2.00 bits per heavy atom. The molecule has 2 aliphatic rings. The van der Waals surface area contributed by atoms with Gasteiger partial charge in [-0.2, -0.15) is 5.10 Å². The van der Waals surface area contributed by atoms with Crippen molar-refractivity contribution in [2.45, 2.75) is 43.8 Å². The van der Waals surface area contributed by atoms with Gasteiger partial charge in [0.15, 0.2) is 0 Å². The van der Waals surface area contributed by atoms with Gasteiger partial charge in [-0.3, -0.25) is 10.00 Å². The van der Waals surface area contributed by atoms with Crippen molar-refractivity contribution in [3.8, 4) is 11.3 Å². The van der Waals surface area contributed by atoms with E-state index in [1.165, 1.54) is 0 Å². The van der Waals surface area contributed by atoms with Crippen molar-refractivity contribution in [1.82, 2.24) is 24.6 Å². The van der Waals surface area contributed by atoms with Crippen LogP contribution in [-0.2, 0) is 7.05 Å². The molecule has 2 bridgehead atoms. The fourth-order valence-corrected chi connectivity index (χ4v) is 4.52. The van der Waals surface area contributed by atoms with Crippen molar-refractivity contribution >= 4 is 22.8 Å². The van der Waals surface area contributed by atoms with Gasteiger partial charge < -0.3 is 10.6 Å². The summed E-state index contributed by atoms with van der Waals surface area (Å²) in [6.07, 6.45) is 9.28. The number of rotatable bonds is 2. The highest BCUT2D eigenvalue weighted by Crippen LogP contribution is 2.35. The number of piperidine rings is 1. The van der Waals surface area contributed by atoms with Crippen molar-refractivity contribution in [3.05, 3.63) is 36.8 Å². The lowest BCUT2D eigenvalue weighted by molar-refractivity contribution is 0.150. The molecule has 28 heavy (non-hydrogen) atoms. The molecule has 0 aliphatic carbocycles. The number of carbonyl (C=O) groups excluding carboxylic acids is 1. The van der Waals surface area contributed by atoms with Crippen LogP contribution in [0.1, 0.15) is 25.7 Å². The van der Waals surface area contributed by atoms with Gasteiger partial charge in [0.05, 0.1) is 17.4 Å². The molecule has 3 atom stereocenters. The zero-order chi connectivity index (χ0) is 19.3. The predicted molar refractivity (Wildman–Crippen MR) is 107 cm³/mol. The molecular weight excluding hydrogens is 354 g/mol. The van der Waals surface area contributed by atoms with Crippen LogP contribution in [0.4, 0.5) is 10.6 Å². The number of anilines is 1. The average Bonchev–Trinajstić information content (AvgIpc) is 3.22. The minimum atomic E-state index is -0.0883. The second-order valence-electron chi connectivity index (χ2n) is 7.82. The highest BCUT2D eigenvalue weighted by atomic mass is 16.2. The average molecular weight is 377 g/mol. The van der Waals surface area contributed by atoms with E-state index in [4.69, 9.17) is 10.7 Å². The molecule has 5 heterocycles. The Labute approximate surface area is 162 Å². The van der Waals surface area contributed by atoms with Crippen LogP contribution in [0.25, 0.3) is 22.2 Å². The van der Waals surface area contributed by atoms with E-state index in [0.29, 0.717) is 5.82 Å². The number of carbonyl (C=O) groups is 1. The number of amides is 2. The lowest BCUT2D eigenvalue weighted by Gasteiger charge is -2.37. The Hall–Kier alpha value is -3.00. The highest BCUT2D eigenvalue weighted by Gasteiger charge is 2.42. The summed E-state index contributed by atoms with van der Waals surface area (Å²) in [5.41, 5.74) is 8.69. The second-order valence-corrected chi connectivity index (χ2v) is 7.82. The van der Waals surface area contributed by atoms with Gasteiger partial charge in [-0.15, -0.1) is 0 Å². The molecule has 2 saturated heterocycles. The van der Waals surface area contributed by atoms with Crippen molar-refractivity contribution in [2.75, 3.05) is 5.32 Å². The molecule has 3 aromatic rings. The molecule has 8 heteroatoms. The number of nitrogens with zero attached hydrogens (tertiary/aromatic N) is 5. The molecule has 3 aromatic heterocycles. The number of fused-ring (bicyclic) bond motifs is 3. The van der Waals surface area contributed by atoms with E-state index in [9.17, 15) is 4.79 Å². The number of nitrogens with one attached hydrogen (secondary N) is 1. The first-order chi connectivity index (χ1) is 13.6. The summed E-state index contributed by atoms with van der Waals surface area (Å²) < 4.78 is 1.75. The SMILES string of the molecule is Cn1cc(-c2ccc3cnc(NC(=O)N4[C@@H]5CC[C@H]4CC(N)C5)cc3n2)cn1. The molecule has 5 rings (SSSR count). The number of pyridine rings is 2. The summed E-state index contributed by atoms with van der Waals surface area (Å²) in [4.78, 5) is 23.9. The normalized spacial score (nSPS) is 23.9. The van der Waals surface area contributed by atoms with E-state index in [-0.39, 0.29) is 24.2 Å². The van der Waals surface area contributed by atoms with E-state index in [2.05, 4.69) is 15.4 Å². The summed E-state index contributed by atoms with van der Waals surface area (Å²) in [6, 6.07) is 6.35. The first kappa shape index (κ1) is 17.1. The van der Waals surface area contributed by atoms with Crippen LogP contribution < -0.4 is 11.1 Å². The van der Waals surface area contributed by atoms with Gasteiger partial charge in [0.25, 0.3) is 0 Å². The second kappa shape index (κ2) is 6.56. The van der Waals surface area contributed by atoms with Crippen LogP contribution in [0.2, 0.25) is 0 Å². The maximum atomic E-state index is 12.9. The quantitative estimate of drug-likeness (QED) is 0.714. The number of urea groups is 1. The Kier molecular flexibility index (Phi) is 4.01. The lowest BCUT2D eigenvalue weighted by atomic mass is 9.99. The van der Waals surface area contributed by atoms with Crippen molar-refractivity contribution in [2.24, 2.45) is 12.8 Å². The number of hydrogen-bond donors (Lipinski definition) is 2. The van der Waals surface area contributed by atoms with Crippen molar-refractivity contribution < 1.29 is 4.79 Å². The summed E-state index contributed by atoms with van der Waals surface area (Å²) in [5, 5.41) is 8.09. The van der Waals surface area contributed by atoms with Gasteiger partial charge in [0.2, 0.25) is 0 Å². The van der Waals surface area contributed by atoms with E-state index in [1.807, 2.05) is 36.3 Å². The maximum Gasteiger partial charge on any atom is 0.323 e. The van der Waals surface area contributed by atoms with E-state index in [0.717, 1.165) is 47.8 Å². The van der Waals surface area contributed by atoms with Crippen LogP contribution in [0.3, 0.4) is 0 Å². The molecule has 2 fully saturated rings. The molecular formula is C20H23N7O. The molecule has 0 spiro atoms. The first-order valence-electron chi connectivity index (χ1n) is 9.67. The van der Waals surface area contributed by atoms with Gasteiger partial charge in [-0.1, -0.05) is 0 Å². The third-order valence-electron chi connectivity index (χ3n) is 5.81. The summed E-state index contributed by atoms with van der Waals surface area (Å²) in [7, 11) is 1.88. The van der Waals surface area contributed by atoms with Gasteiger partial charge >= 0.3 is 6.03 Å². The minimum absolute atomic E-state index is 0.0883. The van der Waals surface area contributed by atoms with Gasteiger partial charge in [-0.25, -0.2) is 14.8 Å². The summed E-state index contributed by atoms with van der Waals surface area (Å²) in [6.45, 7) is 0. The zero-order valence-corrected chi connectivity index (χ0v) is 15.7. The fourth-order valence-electron chi connectivity index (χ4n) is 4.52. The Bertz CT molecular complexity index is 1030. The van der Waals surface area contributed by atoms with E-state index in [1.54, 1.807) is 17.1 Å². The zero-order valence-electron chi connectivity index (χ0n) is 15.7. The highest BCUT2D eigenvalue weighted by molar-refractivity contribution is 5.91. The molecule has 144 valence electrons. The first-order valence-corrected chi connectivity index (χ1v) is 9.67. The largest absolute Gasteiger partial charge is 0.328 e. The molecule has 0 radical (unpaired) electrons. The van der Waals surface area contributed by atoms with Crippen molar-refractivity contribution in [3.63, 3.8) is 0 Å². The summed E-state index contributed by atoms with van der Waals surface area (Å²) >= 11 is 0. The molecule has 3 N–H and O–H groups in total. The smallest absolute Gasteiger partial charge is 0.323 e. The molecule has 0 aromatic carbocycles. The van der Waals surface area contributed by atoms with Crippen LogP contribution in [-0.4, -0.2) is 48.8 Å². The third-order valence-corrected chi connectivity index (χ3v) is 5.81. The Morgan fingerprint density at radius 1 is 1.21 bits per heavy atom. The molecule has 8 nitrogen and oxygen atoms in total.